The summed E-state index contributed by atoms with van der Waals surface area (Å²) < 4.78 is 1.15. The summed E-state index contributed by atoms with van der Waals surface area (Å²) in [5.74, 6) is 1.94. The minimum atomic E-state index is 0.637. The molecule has 1 aromatic rings. The highest BCUT2D eigenvalue weighted by molar-refractivity contribution is 9.10. The second-order valence-corrected chi connectivity index (χ2v) is 7.21. The number of benzene rings is 1. The summed E-state index contributed by atoms with van der Waals surface area (Å²) in [6.45, 7) is 7.94. The zero-order chi connectivity index (χ0) is 13.4. The van der Waals surface area contributed by atoms with E-state index in [2.05, 4.69) is 66.3 Å². The van der Waals surface area contributed by atoms with Crippen LogP contribution in [0, 0.1) is 5.92 Å². The molecule has 1 aromatic carbocycles. The first kappa shape index (κ1) is 16.1. The number of hydrogen-bond donors (Lipinski definition) is 1. The van der Waals surface area contributed by atoms with Crippen LogP contribution in [0.5, 0.6) is 0 Å². The predicted octanol–water partition coefficient (Wildman–Crippen LogP) is 4.96. The summed E-state index contributed by atoms with van der Waals surface area (Å²) in [5.41, 5.74) is 0. The van der Waals surface area contributed by atoms with Gasteiger partial charge in [0.1, 0.15) is 0 Å². The summed E-state index contributed by atoms with van der Waals surface area (Å²) in [6.07, 6.45) is 2.59. The van der Waals surface area contributed by atoms with Gasteiger partial charge in [0.2, 0.25) is 0 Å². The van der Waals surface area contributed by atoms with Crippen LogP contribution in [0.25, 0.3) is 0 Å². The van der Waals surface area contributed by atoms with Gasteiger partial charge < -0.3 is 5.32 Å². The topological polar surface area (TPSA) is 12.0 Å². The standard InChI is InChI=1S/C15H24BrNS/c1-12(2)4-5-13(3)17-10-11-18-15-8-6-14(16)7-9-15/h6-9,12-13,17H,4-5,10-11H2,1-3H3. The van der Waals surface area contributed by atoms with Crippen molar-refractivity contribution < 1.29 is 0 Å². The molecule has 1 nitrogen and oxygen atoms in total. The lowest BCUT2D eigenvalue weighted by Gasteiger charge is -2.14. The molecule has 0 fully saturated rings. The van der Waals surface area contributed by atoms with Gasteiger partial charge >= 0.3 is 0 Å². The summed E-state index contributed by atoms with van der Waals surface area (Å²) >= 11 is 5.37. The molecule has 0 aliphatic rings. The van der Waals surface area contributed by atoms with Crippen LogP contribution in [0.1, 0.15) is 33.6 Å². The van der Waals surface area contributed by atoms with Gasteiger partial charge in [-0.25, -0.2) is 0 Å². The van der Waals surface area contributed by atoms with Crippen molar-refractivity contribution in [3.05, 3.63) is 28.7 Å². The molecular formula is C15H24BrNS. The van der Waals surface area contributed by atoms with E-state index in [9.17, 15) is 0 Å². The van der Waals surface area contributed by atoms with Gasteiger partial charge in [-0.2, -0.15) is 0 Å². The van der Waals surface area contributed by atoms with Crippen molar-refractivity contribution in [1.82, 2.24) is 5.32 Å². The van der Waals surface area contributed by atoms with Gasteiger partial charge in [-0.15, -0.1) is 11.8 Å². The van der Waals surface area contributed by atoms with E-state index in [0.29, 0.717) is 6.04 Å². The molecule has 0 aliphatic carbocycles. The molecule has 3 heteroatoms. The molecule has 0 saturated heterocycles. The van der Waals surface area contributed by atoms with E-state index >= 15 is 0 Å². The number of nitrogens with one attached hydrogen (secondary N) is 1. The van der Waals surface area contributed by atoms with Crippen molar-refractivity contribution in [2.75, 3.05) is 12.3 Å². The van der Waals surface area contributed by atoms with Gasteiger partial charge in [0.15, 0.2) is 0 Å². The van der Waals surface area contributed by atoms with E-state index in [1.807, 2.05) is 11.8 Å². The SMILES string of the molecule is CC(C)CCC(C)NCCSc1ccc(Br)cc1. The van der Waals surface area contributed by atoms with Gasteiger partial charge in [0, 0.05) is 27.7 Å². The van der Waals surface area contributed by atoms with Crippen LogP contribution < -0.4 is 5.32 Å². The Labute approximate surface area is 124 Å². The number of rotatable bonds is 8. The Kier molecular flexibility index (Phi) is 8.03. The molecule has 1 unspecified atom stereocenters. The Bertz CT molecular complexity index is 324. The van der Waals surface area contributed by atoms with E-state index in [1.54, 1.807) is 0 Å². The van der Waals surface area contributed by atoms with Crippen molar-refractivity contribution in [3.8, 4) is 0 Å². The summed E-state index contributed by atoms with van der Waals surface area (Å²) in [4.78, 5) is 1.34. The van der Waals surface area contributed by atoms with Crippen LogP contribution in [0.15, 0.2) is 33.6 Å². The summed E-state index contributed by atoms with van der Waals surface area (Å²) in [7, 11) is 0. The zero-order valence-corrected chi connectivity index (χ0v) is 14.0. The van der Waals surface area contributed by atoms with Gasteiger partial charge in [-0.3, -0.25) is 0 Å². The number of thioether (sulfide) groups is 1. The van der Waals surface area contributed by atoms with Crippen LogP contribution in [0.4, 0.5) is 0 Å². The molecule has 0 amide bonds. The Morgan fingerprint density at radius 3 is 2.39 bits per heavy atom. The maximum atomic E-state index is 3.59. The van der Waals surface area contributed by atoms with Gasteiger partial charge in [-0.1, -0.05) is 29.8 Å². The fraction of sp³-hybridized carbons (Fsp3) is 0.600. The molecule has 0 radical (unpaired) electrons. The van der Waals surface area contributed by atoms with Crippen LogP contribution in [0.3, 0.4) is 0 Å². The first-order valence-electron chi connectivity index (χ1n) is 6.69. The van der Waals surface area contributed by atoms with Gasteiger partial charge in [0.25, 0.3) is 0 Å². The molecule has 18 heavy (non-hydrogen) atoms. The number of hydrogen-bond acceptors (Lipinski definition) is 2. The molecule has 0 heterocycles. The lowest BCUT2D eigenvalue weighted by molar-refractivity contribution is 0.460. The lowest BCUT2D eigenvalue weighted by Crippen LogP contribution is -2.28. The minimum Gasteiger partial charge on any atom is -0.313 e. The van der Waals surface area contributed by atoms with E-state index in [-0.39, 0.29) is 0 Å². The average molecular weight is 330 g/mol. The molecule has 0 aromatic heterocycles. The monoisotopic (exact) mass is 329 g/mol. The highest BCUT2D eigenvalue weighted by Gasteiger charge is 2.02. The third kappa shape index (κ3) is 7.45. The second-order valence-electron chi connectivity index (χ2n) is 5.13. The molecular weight excluding hydrogens is 306 g/mol. The van der Waals surface area contributed by atoms with E-state index in [0.717, 1.165) is 22.7 Å². The molecule has 1 N–H and O–H groups in total. The molecule has 1 rings (SSSR count). The highest BCUT2D eigenvalue weighted by atomic mass is 79.9. The molecule has 1 atom stereocenters. The van der Waals surface area contributed by atoms with Crippen LogP contribution >= 0.6 is 27.7 Å². The predicted molar refractivity (Wildman–Crippen MR) is 86.4 cm³/mol. The van der Waals surface area contributed by atoms with E-state index in [1.165, 1.54) is 17.7 Å². The van der Waals surface area contributed by atoms with Crippen molar-refractivity contribution in [2.24, 2.45) is 5.92 Å². The second kappa shape index (κ2) is 9.00. The maximum absolute atomic E-state index is 3.59. The Balaban J connectivity index is 2.09. The van der Waals surface area contributed by atoms with Gasteiger partial charge in [-0.05, 0) is 49.9 Å². The third-order valence-corrected chi connectivity index (χ3v) is 4.40. The van der Waals surface area contributed by atoms with Crippen LogP contribution in [0.2, 0.25) is 0 Å². The van der Waals surface area contributed by atoms with E-state index < -0.39 is 0 Å². The van der Waals surface area contributed by atoms with Gasteiger partial charge in [0.05, 0.1) is 0 Å². The quantitative estimate of drug-likeness (QED) is 0.534. The Morgan fingerprint density at radius 2 is 1.78 bits per heavy atom. The normalized spacial score (nSPS) is 12.9. The van der Waals surface area contributed by atoms with Crippen LogP contribution in [-0.4, -0.2) is 18.3 Å². The Hall–Kier alpha value is 0.01000. The fourth-order valence-electron chi connectivity index (χ4n) is 1.69. The Morgan fingerprint density at radius 1 is 1.11 bits per heavy atom. The lowest BCUT2D eigenvalue weighted by atomic mass is 10.0. The smallest absolute Gasteiger partial charge is 0.0176 e. The molecule has 0 bridgehead atoms. The summed E-state index contributed by atoms with van der Waals surface area (Å²) in [5, 5.41) is 3.59. The van der Waals surface area contributed by atoms with Crippen molar-refractivity contribution >= 4 is 27.7 Å². The van der Waals surface area contributed by atoms with Crippen molar-refractivity contribution in [1.29, 1.82) is 0 Å². The van der Waals surface area contributed by atoms with Crippen LogP contribution in [-0.2, 0) is 0 Å². The zero-order valence-electron chi connectivity index (χ0n) is 11.6. The summed E-state index contributed by atoms with van der Waals surface area (Å²) in [6, 6.07) is 9.16. The molecule has 0 saturated carbocycles. The largest absolute Gasteiger partial charge is 0.313 e. The average Bonchev–Trinajstić information content (AvgIpc) is 2.34. The number of halogens is 1. The first-order valence-corrected chi connectivity index (χ1v) is 8.47. The molecule has 0 aliphatic heterocycles. The molecule has 0 spiro atoms. The maximum Gasteiger partial charge on any atom is 0.0176 e. The minimum absolute atomic E-state index is 0.637. The molecule has 102 valence electrons. The van der Waals surface area contributed by atoms with Crippen molar-refractivity contribution in [3.63, 3.8) is 0 Å². The third-order valence-electron chi connectivity index (χ3n) is 2.85. The first-order chi connectivity index (χ1) is 8.58. The highest BCUT2D eigenvalue weighted by Crippen LogP contribution is 2.20. The fourth-order valence-corrected chi connectivity index (χ4v) is 2.74. The van der Waals surface area contributed by atoms with E-state index in [4.69, 9.17) is 0 Å². The van der Waals surface area contributed by atoms with Crippen molar-refractivity contribution in [2.45, 2.75) is 44.6 Å².